The number of nitrogens with one attached hydrogen (secondary N) is 1. The number of anilines is 1. The van der Waals surface area contributed by atoms with E-state index in [1.54, 1.807) is 7.05 Å². The van der Waals surface area contributed by atoms with Gasteiger partial charge < -0.3 is 10.2 Å². The van der Waals surface area contributed by atoms with Gasteiger partial charge in [0.25, 0.3) is 5.91 Å². The number of amides is 1. The van der Waals surface area contributed by atoms with Crippen molar-refractivity contribution in [1.29, 1.82) is 0 Å². The molecule has 0 atom stereocenters. The van der Waals surface area contributed by atoms with Gasteiger partial charge in [-0.05, 0) is 42.0 Å². The first-order valence-corrected chi connectivity index (χ1v) is 9.24. The van der Waals surface area contributed by atoms with Crippen LogP contribution < -0.4 is 10.2 Å². The number of carbonyl (C=O) groups excluding carboxylic acids is 1. The maximum absolute atomic E-state index is 12.7. The second-order valence-corrected chi connectivity index (χ2v) is 7.97. The minimum atomic E-state index is -3.62. The molecule has 2 rings (SSSR count). The Morgan fingerprint density at radius 1 is 0.960 bits per heavy atom. The Balaban J connectivity index is 2.16. The van der Waals surface area contributed by atoms with Crippen molar-refractivity contribution in [1.82, 2.24) is 9.62 Å². The van der Waals surface area contributed by atoms with Crippen LogP contribution in [0, 0.1) is 0 Å². The third-order valence-electron chi connectivity index (χ3n) is 3.91. The first kappa shape index (κ1) is 19.0. The highest BCUT2D eigenvalue weighted by atomic mass is 32.2. The van der Waals surface area contributed by atoms with Gasteiger partial charge in [-0.1, -0.05) is 12.1 Å². The Bertz CT molecular complexity index is 829. The lowest BCUT2D eigenvalue weighted by molar-refractivity contribution is 0.0963. The van der Waals surface area contributed by atoms with Crippen molar-refractivity contribution in [2.75, 3.05) is 33.1 Å². The van der Waals surface area contributed by atoms with Crippen molar-refractivity contribution in [3.8, 4) is 0 Å². The van der Waals surface area contributed by atoms with E-state index in [2.05, 4.69) is 5.32 Å². The zero-order valence-electron chi connectivity index (χ0n) is 14.9. The van der Waals surface area contributed by atoms with Crippen LogP contribution in [0.4, 0.5) is 5.69 Å². The van der Waals surface area contributed by atoms with Crippen molar-refractivity contribution in [2.24, 2.45) is 0 Å². The van der Waals surface area contributed by atoms with E-state index in [0.29, 0.717) is 5.56 Å². The van der Waals surface area contributed by atoms with Gasteiger partial charge in [0.1, 0.15) is 0 Å². The predicted octanol–water partition coefficient (Wildman–Crippen LogP) is 1.93. The van der Waals surface area contributed by atoms with Gasteiger partial charge in [-0.25, -0.2) is 8.42 Å². The molecule has 0 aliphatic carbocycles. The van der Waals surface area contributed by atoms with E-state index in [-0.39, 0.29) is 17.3 Å². The van der Waals surface area contributed by atoms with Gasteiger partial charge in [0, 0.05) is 46.0 Å². The van der Waals surface area contributed by atoms with Gasteiger partial charge in [0.2, 0.25) is 10.0 Å². The molecule has 0 saturated heterocycles. The smallest absolute Gasteiger partial charge is 0.251 e. The van der Waals surface area contributed by atoms with Crippen LogP contribution in [0.25, 0.3) is 0 Å². The zero-order valence-corrected chi connectivity index (χ0v) is 15.7. The predicted molar refractivity (Wildman–Crippen MR) is 99.3 cm³/mol. The van der Waals surface area contributed by atoms with Gasteiger partial charge in [0.15, 0.2) is 0 Å². The molecule has 7 heteroatoms. The molecule has 6 nitrogen and oxygen atoms in total. The molecule has 1 N–H and O–H groups in total. The van der Waals surface area contributed by atoms with Gasteiger partial charge in [0.05, 0.1) is 4.90 Å². The van der Waals surface area contributed by atoms with E-state index in [1.165, 1.54) is 35.6 Å². The number of sulfonamides is 1. The average molecular weight is 361 g/mol. The summed E-state index contributed by atoms with van der Waals surface area (Å²) in [7, 11) is 3.36. The number of hydrogen-bond acceptors (Lipinski definition) is 4. The summed E-state index contributed by atoms with van der Waals surface area (Å²) in [6.45, 7) is 0.271. The van der Waals surface area contributed by atoms with Crippen LogP contribution in [0.2, 0.25) is 0 Å². The molecule has 0 unspecified atom stereocenters. The molecular formula is C18H23N3O3S. The monoisotopic (exact) mass is 361 g/mol. The van der Waals surface area contributed by atoms with Crippen LogP contribution in [-0.4, -0.2) is 46.8 Å². The SMILES string of the molecule is CNC(=O)c1ccc(S(=O)(=O)N(C)Cc2ccc(N(C)C)cc2)cc1. The van der Waals surface area contributed by atoms with E-state index in [0.717, 1.165) is 11.3 Å². The second-order valence-electron chi connectivity index (χ2n) is 5.93. The van der Waals surface area contributed by atoms with Crippen molar-refractivity contribution >= 4 is 21.6 Å². The van der Waals surface area contributed by atoms with Crippen LogP contribution in [0.15, 0.2) is 53.4 Å². The highest BCUT2D eigenvalue weighted by Crippen LogP contribution is 2.19. The molecular weight excluding hydrogens is 338 g/mol. The normalized spacial score (nSPS) is 11.4. The molecule has 2 aromatic rings. The third-order valence-corrected chi connectivity index (χ3v) is 5.73. The maximum atomic E-state index is 12.7. The van der Waals surface area contributed by atoms with Gasteiger partial charge in [-0.15, -0.1) is 0 Å². The summed E-state index contributed by atoms with van der Waals surface area (Å²) in [5, 5.41) is 2.51. The van der Waals surface area contributed by atoms with Crippen molar-refractivity contribution < 1.29 is 13.2 Å². The van der Waals surface area contributed by atoms with E-state index in [9.17, 15) is 13.2 Å². The van der Waals surface area contributed by atoms with Crippen molar-refractivity contribution in [2.45, 2.75) is 11.4 Å². The van der Waals surface area contributed by atoms with E-state index in [1.807, 2.05) is 43.3 Å². The minimum absolute atomic E-state index is 0.160. The van der Waals surface area contributed by atoms with Crippen molar-refractivity contribution in [3.05, 3.63) is 59.7 Å². The fraction of sp³-hybridized carbons (Fsp3) is 0.278. The van der Waals surface area contributed by atoms with Crippen LogP contribution in [0.1, 0.15) is 15.9 Å². The molecule has 0 saturated carbocycles. The van der Waals surface area contributed by atoms with Crippen LogP contribution in [0.5, 0.6) is 0 Å². The fourth-order valence-corrected chi connectivity index (χ4v) is 3.50. The summed E-state index contributed by atoms with van der Waals surface area (Å²) in [6, 6.07) is 13.6. The first-order valence-electron chi connectivity index (χ1n) is 7.80. The summed E-state index contributed by atoms with van der Waals surface area (Å²) in [5.41, 5.74) is 2.38. The molecule has 0 aromatic heterocycles. The Morgan fingerprint density at radius 3 is 2.00 bits per heavy atom. The summed E-state index contributed by atoms with van der Waals surface area (Å²) >= 11 is 0. The van der Waals surface area contributed by atoms with E-state index < -0.39 is 10.0 Å². The lowest BCUT2D eigenvalue weighted by Crippen LogP contribution is -2.26. The molecule has 134 valence electrons. The Labute approximate surface area is 149 Å². The molecule has 0 spiro atoms. The fourth-order valence-electron chi connectivity index (χ4n) is 2.34. The molecule has 1 amide bonds. The number of nitrogens with zero attached hydrogens (tertiary/aromatic N) is 2. The topological polar surface area (TPSA) is 69.7 Å². The maximum Gasteiger partial charge on any atom is 0.251 e. The highest BCUT2D eigenvalue weighted by molar-refractivity contribution is 7.89. The van der Waals surface area contributed by atoms with Gasteiger partial charge in [-0.3, -0.25) is 4.79 Å². The molecule has 0 radical (unpaired) electrons. The number of benzene rings is 2. The Hall–Kier alpha value is -2.38. The number of rotatable bonds is 6. The molecule has 0 aliphatic heterocycles. The molecule has 0 heterocycles. The Kier molecular flexibility index (Phi) is 5.81. The van der Waals surface area contributed by atoms with Gasteiger partial charge in [-0.2, -0.15) is 4.31 Å². The summed E-state index contributed by atoms with van der Waals surface area (Å²) in [6.07, 6.45) is 0. The highest BCUT2D eigenvalue weighted by Gasteiger charge is 2.21. The molecule has 0 aliphatic rings. The second kappa shape index (κ2) is 7.67. The summed E-state index contributed by atoms with van der Waals surface area (Å²) in [5.74, 6) is -0.252. The summed E-state index contributed by atoms with van der Waals surface area (Å²) in [4.78, 5) is 13.7. The molecule has 2 aromatic carbocycles. The van der Waals surface area contributed by atoms with Crippen LogP contribution in [-0.2, 0) is 16.6 Å². The standard InChI is InChI=1S/C18H23N3O3S/c1-19-18(22)15-7-11-17(12-8-15)25(23,24)21(4)13-14-5-9-16(10-6-14)20(2)3/h5-12H,13H2,1-4H3,(H,19,22). The van der Waals surface area contributed by atoms with E-state index >= 15 is 0 Å². The molecule has 25 heavy (non-hydrogen) atoms. The van der Waals surface area contributed by atoms with Crippen LogP contribution >= 0.6 is 0 Å². The summed E-state index contributed by atoms with van der Waals surface area (Å²) < 4.78 is 26.7. The molecule has 0 bridgehead atoms. The third kappa shape index (κ3) is 4.37. The lowest BCUT2D eigenvalue weighted by atomic mass is 10.2. The number of hydrogen-bond donors (Lipinski definition) is 1. The van der Waals surface area contributed by atoms with Gasteiger partial charge >= 0.3 is 0 Å². The van der Waals surface area contributed by atoms with Crippen molar-refractivity contribution in [3.63, 3.8) is 0 Å². The Morgan fingerprint density at radius 2 is 1.52 bits per heavy atom. The van der Waals surface area contributed by atoms with E-state index in [4.69, 9.17) is 0 Å². The average Bonchev–Trinajstić information content (AvgIpc) is 2.61. The largest absolute Gasteiger partial charge is 0.378 e. The molecule has 0 fully saturated rings. The minimum Gasteiger partial charge on any atom is -0.378 e. The first-order chi connectivity index (χ1) is 11.8. The number of carbonyl (C=O) groups is 1. The quantitative estimate of drug-likeness (QED) is 0.854. The lowest BCUT2D eigenvalue weighted by Gasteiger charge is -2.18. The van der Waals surface area contributed by atoms with Crippen LogP contribution in [0.3, 0.4) is 0 Å². The zero-order chi connectivity index (χ0) is 18.6.